The molecule has 0 unspecified atom stereocenters. The van der Waals surface area contributed by atoms with Gasteiger partial charge in [-0.1, -0.05) is 139 Å². The lowest BCUT2D eigenvalue weighted by Crippen LogP contribution is -2.36. The molecule has 0 atom stereocenters. The molecule has 9 aromatic rings. The summed E-state index contributed by atoms with van der Waals surface area (Å²) >= 11 is 1.87. The molecule has 0 amide bonds. The van der Waals surface area contributed by atoms with Crippen LogP contribution in [0.15, 0.2) is 204 Å². The zero-order valence-corrected chi connectivity index (χ0v) is 30.1. The first-order valence-electron chi connectivity index (χ1n) is 18.3. The molecule has 11 rings (SSSR count). The van der Waals surface area contributed by atoms with E-state index in [1.54, 1.807) is 0 Å². The monoisotopic (exact) mass is 695 g/mol. The maximum Gasteiger partial charge on any atom is 0.156 e. The number of hydrogen-bond donors (Lipinski definition) is 0. The molecule has 53 heavy (non-hydrogen) atoms. The molecule has 0 spiro atoms. The standard InChI is InChI=1S/C50H35N2S/c1-52(45-23-10-12-25-47(45)53-48-26-13-11-24-46(48)52)38-30-27-34(28-31-38)35-29-32-43-40(33-35)39-19-14-21-42-49(39)51(43)44-22-9-8-20-41(44)50(42,36-15-4-2-5-16-36)37-17-6-3-7-18-37/h2-33H,1H3/q+1. The molecule has 0 radical (unpaired) electrons. The lowest BCUT2D eigenvalue weighted by atomic mass is 9.63. The molecular formula is C50H35N2S+. The Labute approximate surface area is 313 Å². The third-order valence-corrected chi connectivity index (χ3v) is 12.9. The van der Waals surface area contributed by atoms with Gasteiger partial charge in [-0.25, -0.2) is 4.48 Å². The molecule has 0 N–H and O–H groups in total. The van der Waals surface area contributed by atoms with Crippen LogP contribution in [-0.4, -0.2) is 11.6 Å². The topological polar surface area (TPSA) is 4.93 Å². The molecule has 0 saturated heterocycles. The van der Waals surface area contributed by atoms with E-state index in [-0.39, 0.29) is 0 Å². The lowest BCUT2D eigenvalue weighted by molar-refractivity contribution is 0.601. The van der Waals surface area contributed by atoms with Gasteiger partial charge in [-0.3, -0.25) is 0 Å². The second-order valence-electron chi connectivity index (χ2n) is 14.4. The van der Waals surface area contributed by atoms with E-state index in [9.17, 15) is 0 Å². The molecular weight excluding hydrogens is 661 g/mol. The number of benzene rings is 8. The van der Waals surface area contributed by atoms with E-state index in [1.165, 1.54) is 87.7 Å². The summed E-state index contributed by atoms with van der Waals surface area (Å²) in [7, 11) is 2.33. The van der Waals surface area contributed by atoms with Gasteiger partial charge in [0.1, 0.15) is 5.69 Å². The van der Waals surface area contributed by atoms with Crippen LogP contribution in [0.4, 0.5) is 17.1 Å². The molecule has 0 saturated carbocycles. The van der Waals surface area contributed by atoms with Gasteiger partial charge < -0.3 is 4.57 Å². The van der Waals surface area contributed by atoms with E-state index in [1.807, 2.05) is 11.8 Å². The van der Waals surface area contributed by atoms with Crippen molar-refractivity contribution in [3.8, 4) is 16.8 Å². The first-order chi connectivity index (χ1) is 26.2. The number of rotatable bonds is 4. The Balaban J connectivity index is 1.11. The van der Waals surface area contributed by atoms with Crippen molar-refractivity contribution in [3.63, 3.8) is 0 Å². The van der Waals surface area contributed by atoms with Gasteiger partial charge in [0.15, 0.2) is 11.4 Å². The zero-order chi connectivity index (χ0) is 35.1. The van der Waals surface area contributed by atoms with Crippen molar-refractivity contribution in [3.05, 3.63) is 216 Å². The maximum atomic E-state index is 2.51. The number of fused-ring (bicyclic) bond motifs is 7. The first kappa shape index (κ1) is 30.5. The SMILES string of the molecule is C[N+]1(c2ccc(-c3ccc4c(c3)c3cccc5c3n4-c3ccccc3C5(c3ccccc3)c3ccccc3)cc2)c2ccccc2Sc2ccccc21. The number of aromatic nitrogens is 1. The van der Waals surface area contributed by atoms with Crippen LogP contribution in [0.5, 0.6) is 0 Å². The summed E-state index contributed by atoms with van der Waals surface area (Å²) in [6, 6.07) is 72.0. The smallest absolute Gasteiger partial charge is 0.156 e. The van der Waals surface area contributed by atoms with Gasteiger partial charge in [0.25, 0.3) is 0 Å². The highest BCUT2D eigenvalue weighted by Crippen LogP contribution is 2.57. The van der Waals surface area contributed by atoms with Crippen LogP contribution in [-0.2, 0) is 5.41 Å². The Morgan fingerprint density at radius 2 is 1.04 bits per heavy atom. The van der Waals surface area contributed by atoms with E-state index in [2.05, 4.69) is 206 Å². The summed E-state index contributed by atoms with van der Waals surface area (Å²) in [5.74, 6) is 0. The molecule has 2 aliphatic heterocycles. The van der Waals surface area contributed by atoms with Gasteiger partial charge >= 0.3 is 0 Å². The Bertz CT molecular complexity index is 2790. The van der Waals surface area contributed by atoms with Crippen LogP contribution >= 0.6 is 11.8 Å². The van der Waals surface area contributed by atoms with Crippen LogP contribution in [0.1, 0.15) is 22.3 Å². The third-order valence-electron chi connectivity index (χ3n) is 11.8. The van der Waals surface area contributed by atoms with Gasteiger partial charge in [-0.05, 0) is 75.8 Å². The van der Waals surface area contributed by atoms with Crippen LogP contribution < -0.4 is 4.48 Å². The Morgan fingerprint density at radius 3 is 1.72 bits per heavy atom. The molecule has 8 aromatic carbocycles. The highest BCUT2D eigenvalue weighted by Gasteiger charge is 2.45. The summed E-state index contributed by atoms with van der Waals surface area (Å²) in [6.07, 6.45) is 0. The molecule has 3 heterocycles. The number of para-hydroxylation sites is 4. The molecule has 2 aliphatic rings. The minimum atomic E-state index is -0.467. The molecule has 2 nitrogen and oxygen atoms in total. The van der Waals surface area contributed by atoms with Crippen molar-refractivity contribution in [1.29, 1.82) is 0 Å². The van der Waals surface area contributed by atoms with E-state index in [0.29, 0.717) is 4.48 Å². The highest BCUT2D eigenvalue weighted by molar-refractivity contribution is 7.99. The van der Waals surface area contributed by atoms with Crippen molar-refractivity contribution in [2.75, 3.05) is 7.05 Å². The Kier molecular flexibility index (Phi) is 6.58. The maximum absolute atomic E-state index is 2.51. The highest BCUT2D eigenvalue weighted by atomic mass is 32.2. The number of hydrogen-bond acceptors (Lipinski definition) is 1. The molecule has 0 bridgehead atoms. The summed E-state index contributed by atoms with van der Waals surface area (Å²) in [5.41, 5.74) is 14.7. The number of nitrogens with zero attached hydrogens (tertiary/aromatic N) is 2. The van der Waals surface area contributed by atoms with E-state index < -0.39 is 5.41 Å². The summed E-state index contributed by atoms with van der Waals surface area (Å²) in [4.78, 5) is 2.61. The van der Waals surface area contributed by atoms with Crippen LogP contribution in [0, 0.1) is 0 Å². The van der Waals surface area contributed by atoms with Crippen LogP contribution in [0.3, 0.4) is 0 Å². The van der Waals surface area contributed by atoms with Gasteiger partial charge in [0, 0.05) is 35.0 Å². The zero-order valence-electron chi connectivity index (χ0n) is 29.3. The number of quaternary nitrogens is 1. The fraction of sp³-hybridized carbons (Fsp3) is 0.0400. The van der Waals surface area contributed by atoms with Crippen molar-refractivity contribution >= 4 is 50.6 Å². The molecule has 3 heteroatoms. The first-order valence-corrected chi connectivity index (χ1v) is 19.1. The summed E-state index contributed by atoms with van der Waals surface area (Å²) < 4.78 is 3.15. The normalized spacial score (nSPS) is 14.7. The Morgan fingerprint density at radius 1 is 0.472 bits per heavy atom. The van der Waals surface area contributed by atoms with E-state index in [0.717, 1.165) is 0 Å². The fourth-order valence-electron chi connectivity index (χ4n) is 9.40. The van der Waals surface area contributed by atoms with Crippen molar-refractivity contribution in [2.24, 2.45) is 0 Å². The van der Waals surface area contributed by atoms with Crippen LogP contribution in [0.25, 0.3) is 38.6 Å². The fourth-order valence-corrected chi connectivity index (χ4v) is 10.6. The van der Waals surface area contributed by atoms with Crippen molar-refractivity contribution in [1.82, 2.24) is 9.05 Å². The van der Waals surface area contributed by atoms with Crippen molar-refractivity contribution < 1.29 is 0 Å². The largest absolute Gasteiger partial charge is 0.309 e. The van der Waals surface area contributed by atoms with Crippen LogP contribution in [0.2, 0.25) is 0 Å². The molecule has 1 aromatic heterocycles. The minimum absolute atomic E-state index is 0.467. The van der Waals surface area contributed by atoms with E-state index in [4.69, 9.17) is 0 Å². The second-order valence-corrected chi connectivity index (χ2v) is 15.4. The minimum Gasteiger partial charge on any atom is -0.309 e. The Hall–Kier alpha value is -6.13. The average molecular weight is 696 g/mol. The third kappa shape index (κ3) is 4.15. The van der Waals surface area contributed by atoms with E-state index >= 15 is 0 Å². The van der Waals surface area contributed by atoms with Gasteiger partial charge in [0.2, 0.25) is 0 Å². The average Bonchev–Trinajstić information content (AvgIpc) is 3.57. The predicted octanol–water partition coefficient (Wildman–Crippen LogP) is 13.2. The predicted molar refractivity (Wildman–Crippen MR) is 222 cm³/mol. The van der Waals surface area contributed by atoms with Gasteiger partial charge in [0.05, 0.1) is 39.0 Å². The molecule has 0 aliphatic carbocycles. The molecule has 0 fully saturated rings. The quantitative estimate of drug-likeness (QED) is 0.166. The summed E-state index contributed by atoms with van der Waals surface area (Å²) in [5, 5.41) is 2.55. The summed E-state index contributed by atoms with van der Waals surface area (Å²) in [6.45, 7) is 0. The van der Waals surface area contributed by atoms with Gasteiger partial charge in [-0.2, -0.15) is 0 Å². The molecule has 250 valence electrons. The lowest BCUT2D eigenvalue weighted by Gasteiger charge is -2.41. The van der Waals surface area contributed by atoms with Crippen molar-refractivity contribution in [2.45, 2.75) is 15.2 Å². The second kappa shape index (κ2) is 11.4. The van der Waals surface area contributed by atoms with Gasteiger partial charge in [-0.15, -0.1) is 0 Å².